The van der Waals surface area contributed by atoms with Crippen LogP contribution in [0.15, 0.2) is 34.7 Å². The number of hydrogen-bond donors (Lipinski definition) is 1. The number of carbonyl (C=O) groups is 1. The third-order valence-electron chi connectivity index (χ3n) is 4.64. The number of nitrogens with one attached hydrogen (secondary N) is 1. The van der Waals surface area contributed by atoms with Crippen molar-refractivity contribution in [1.29, 1.82) is 0 Å². The smallest absolute Gasteiger partial charge is 0.249 e. The number of halogens is 1. The Labute approximate surface area is 157 Å². The molecule has 6 nitrogen and oxygen atoms in total. The lowest BCUT2D eigenvalue weighted by Crippen LogP contribution is -2.35. The predicted molar refractivity (Wildman–Crippen MR) is 100 cm³/mol. The lowest BCUT2D eigenvalue weighted by molar-refractivity contribution is -0.122. The molecule has 0 radical (unpaired) electrons. The van der Waals surface area contributed by atoms with Crippen LogP contribution in [0.2, 0.25) is 0 Å². The van der Waals surface area contributed by atoms with Gasteiger partial charge in [-0.25, -0.2) is 4.39 Å². The molecule has 0 saturated carbocycles. The van der Waals surface area contributed by atoms with Crippen molar-refractivity contribution in [2.24, 2.45) is 0 Å². The normalized spacial score (nSPS) is 12.2. The number of rotatable bonds is 6. The maximum absolute atomic E-state index is 13.1. The first kappa shape index (κ1) is 18.8. The Kier molecular flexibility index (Phi) is 5.39. The number of aryl methyl sites for hydroxylation is 1. The fourth-order valence-electron chi connectivity index (χ4n) is 2.87. The predicted octanol–water partition coefficient (Wildman–Crippen LogP) is 3.88. The fraction of sp³-hybridized carbons (Fsp3) is 0.350. The Morgan fingerprint density at radius 2 is 1.89 bits per heavy atom. The molecule has 7 heteroatoms. The third kappa shape index (κ3) is 4.07. The quantitative estimate of drug-likeness (QED) is 0.715. The summed E-state index contributed by atoms with van der Waals surface area (Å²) in [7, 11) is 0. The van der Waals surface area contributed by atoms with E-state index in [1.54, 1.807) is 12.1 Å². The summed E-state index contributed by atoms with van der Waals surface area (Å²) in [5, 5.41) is 11.1. The summed E-state index contributed by atoms with van der Waals surface area (Å²) in [5.74, 6) is 0.341. The highest BCUT2D eigenvalue weighted by Crippen LogP contribution is 2.28. The van der Waals surface area contributed by atoms with Gasteiger partial charge in [0.05, 0.1) is 5.56 Å². The minimum Gasteiger partial charge on any atom is -0.416 e. The van der Waals surface area contributed by atoms with Crippen molar-refractivity contribution in [3.8, 4) is 22.9 Å². The van der Waals surface area contributed by atoms with Gasteiger partial charge in [0.25, 0.3) is 0 Å². The van der Waals surface area contributed by atoms with E-state index < -0.39 is 0 Å². The van der Waals surface area contributed by atoms with Gasteiger partial charge in [-0.2, -0.15) is 0 Å². The molecule has 3 rings (SSSR count). The number of aromatic nitrogens is 3. The lowest BCUT2D eigenvalue weighted by Gasteiger charge is -2.14. The molecule has 1 unspecified atom stereocenters. The van der Waals surface area contributed by atoms with Gasteiger partial charge in [0.2, 0.25) is 17.7 Å². The molecule has 1 N–H and O–H groups in total. The Balaban J connectivity index is 1.84. The second-order valence-corrected chi connectivity index (χ2v) is 6.67. The van der Waals surface area contributed by atoms with E-state index in [2.05, 4.69) is 15.5 Å². The molecule has 0 aliphatic rings. The highest BCUT2D eigenvalue weighted by molar-refractivity contribution is 5.76. The van der Waals surface area contributed by atoms with Crippen LogP contribution in [0.5, 0.6) is 0 Å². The molecule has 142 valence electrons. The van der Waals surface area contributed by atoms with Crippen LogP contribution in [0.1, 0.15) is 31.7 Å². The number of carbonyl (C=O) groups excluding carboxylic acids is 1. The monoisotopic (exact) mass is 370 g/mol. The van der Waals surface area contributed by atoms with Gasteiger partial charge in [0.15, 0.2) is 0 Å². The van der Waals surface area contributed by atoms with Gasteiger partial charge < -0.3 is 14.3 Å². The first-order chi connectivity index (χ1) is 12.9. The molecule has 0 bridgehead atoms. The van der Waals surface area contributed by atoms with Crippen LogP contribution in [0.25, 0.3) is 22.9 Å². The largest absolute Gasteiger partial charge is 0.416 e. The standard InChI is InChI=1S/C20H23FN4O2/c1-5-12(2)22-18(26)11-25-13(3)10-17(14(25)4)20-24-23-19(27-20)15-6-8-16(21)9-7-15/h6-10,12H,5,11H2,1-4H3,(H,22,26). The molecular weight excluding hydrogens is 347 g/mol. The molecule has 3 aromatic rings. The highest BCUT2D eigenvalue weighted by atomic mass is 19.1. The average Bonchev–Trinajstić information content (AvgIpc) is 3.22. The van der Waals surface area contributed by atoms with Crippen LogP contribution in [0.3, 0.4) is 0 Å². The molecule has 27 heavy (non-hydrogen) atoms. The third-order valence-corrected chi connectivity index (χ3v) is 4.64. The van der Waals surface area contributed by atoms with Crippen molar-refractivity contribution in [2.75, 3.05) is 0 Å². The topological polar surface area (TPSA) is 73.0 Å². The van der Waals surface area contributed by atoms with E-state index in [0.29, 0.717) is 17.3 Å². The first-order valence-electron chi connectivity index (χ1n) is 8.95. The summed E-state index contributed by atoms with van der Waals surface area (Å²) in [4.78, 5) is 12.2. The number of nitrogens with zero attached hydrogens (tertiary/aromatic N) is 3. The Bertz CT molecular complexity index is 944. The Morgan fingerprint density at radius 1 is 1.22 bits per heavy atom. The van der Waals surface area contributed by atoms with Crippen LogP contribution < -0.4 is 5.32 Å². The number of amides is 1. The van der Waals surface area contributed by atoms with Crippen LogP contribution in [0.4, 0.5) is 4.39 Å². The summed E-state index contributed by atoms with van der Waals surface area (Å²) < 4.78 is 20.8. The van der Waals surface area contributed by atoms with E-state index in [9.17, 15) is 9.18 Å². The minimum absolute atomic E-state index is 0.0322. The van der Waals surface area contributed by atoms with Crippen LogP contribution in [0, 0.1) is 19.7 Å². The van der Waals surface area contributed by atoms with E-state index in [-0.39, 0.29) is 24.3 Å². The van der Waals surface area contributed by atoms with Gasteiger partial charge in [-0.15, -0.1) is 10.2 Å². The molecule has 1 amide bonds. The highest BCUT2D eigenvalue weighted by Gasteiger charge is 2.19. The fourth-order valence-corrected chi connectivity index (χ4v) is 2.87. The van der Waals surface area contributed by atoms with Crippen molar-refractivity contribution in [3.05, 3.63) is 47.5 Å². The van der Waals surface area contributed by atoms with Gasteiger partial charge in [0.1, 0.15) is 12.4 Å². The van der Waals surface area contributed by atoms with E-state index >= 15 is 0 Å². The average molecular weight is 370 g/mol. The number of benzene rings is 1. The van der Waals surface area contributed by atoms with Gasteiger partial charge in [0, 0.05) is 23.0 Å². The second-order valence-electron chi connectivity index (χ2n) is 6.67. The molecule has 1 aromatic carbocycles. The maximum Gasteiger partial charge on any atom is 0.249 e. The van der Waals surface area contributed by atoms with Crippen LogP contribution in [-0.4, -0.2) is 26.7 Å². The zero-order valence-electron chi connectivity index (χ0n) is 15.9. The first-order valence-corrected chi connectivity index (χ1v) is 8.95. The Morgan fingerprint density at radius 3 is 2.56 bits per heavy atom. The van der Waals surface area contributed by atoms with E-state index in [1.807, 2.05) is 38.3 Å². The SMILES string of the molecule is CCC(C)NC(=O)Cn1c(C)cc(-c2nnc(-c3ccc(F)cc3)o2)c1C. The van der Waals surface area contributed by atoms with Gasteiger partial charge in [-0.1, -0.05) is 6.92 Å². The van der Waals surface area contributed by atoms with Gasteiger partial charge in [-0.05, 0) is 57.5 Å². The zero-order valence-corrected chi connectivity index (χ0v) is 15.9. The van der Waals surface area contributed by atoms with Crippen molar-refractivity contribution in [3.63, 3.8) is 0 Å². The van der Waals surface area contributed by atoms with Crippen molar-refractivity contribution in [1.82, 2.24) is 20.1 Å². The lowest BCUT2D eigenvalue weighted by atomic mass is 10.2. The van der Waals surface area contributed by atoms with Gasteiger partial charge in [-0.3, -0.25) is 4.79 Å². The summed E-state index contributed by atoms with van der Waals surface area (Å²) >= 11 is 0. The molecule has 2 aromatic heterocycles. The van der Waals surface area contributed by atoms with Gasteiger partial charge >= 0.3 is 0 Å². The summed E-state index contributed by atoms with van der Waals surface area (Å²) in [6.45, 7) is 8.10. The minimum atomic E-state index is -0.322. The molecule has 0 aliphatic heterocycles. The molecule has 2 heterocycles. The molecule has 1 atom stereocenters. The Hall–Kier alpha value is -2.96. The summed E-state index contributed by atoms with van der Waals surface area (Å²) in [6.07, 6.45) is 0.884. The van der Waals surface area contributed by atoms with Crippen molar-refractivity contribution in [2.45, 2.75) is 46.7 Å². The number of hydrogen-bond acceptors (Lipinski definition) is 4. The molecule has 0 aliphatic carbocycles. The maximum atomic E-state index is 13.1. The second kappa shape index (κ2) is 7.73. The molecule has 0 spiro atoms. The van der Waals surface area contributed by atoms with Crippen LogP contribution >= 0.6 is 0 Å². The summed E-state index contributed by atoms with van der Waals surface area (Å²) in [6, 6.07) is 7.95. The van der Waals surface area contributed by atoms with E-state index in [0.717, 1.165) is 23.4 Å². The van der Waals surface area contributed by atoms with Crippen molar-refractivity contribution >= 4 is 5.91 Å². The van der Waals surface area contributed by atoms with Crippen LogP contribution in [-0.2, 0) is 11.3 Å². The summed E-state index contributed by atoms with van der Waals surface area (Å²) in [5.41, 5.74) is 3.24. The molecular formula is C20H23FN4O2. The van der Waals surface area contributed by atoms with Crippen molar-refractivity contribution < 1.29 is 13.6 Å². The van der Waals surface area contributed by atoms with E-state index in [1.165, 1.54) is 12.1 Å². The molecule has 0 saturated heterocycles. The molecule has 0 fully saturated rings. The van der Waals surface area contributed by atoms with E-state index in [4.69, 9.17) is 4.42 Å². The zero-order chi connectivity index (χ0) is 19.6.